The summed E-state index contributed by atoms with van der Waals surface area (Å²) in [6.45, 7) is 8.02. The van der Waals surface area contributed by atoms with Crippen molar-refractivity contribution in [2.75, 3.05) is 18.0 Å². The second-order valence-corrected chi connectivity index (χ2v) is 11.7. The van der Waals surface area contributed by atoms with Gasteiger partial charge in [0.1, 0.15) is 10.4 Å². The summed E-state index contributed by atoms with van der Waals surface area (Å²) in [6, 6.07) is 8.80. The number of hydrogen-bond acceptors (Lipinski definition) is 4. The molecular formula is C22H29BrN4OS. The van der Waals surface area contributed by atoms with Crippen LogP contribution in [-0.4, -0.2) is 32.0 Å². The van der Waals surface area contributed by atoms with Crippen LogP contribution in [0, 0.1) is 12.3 Å². The molecule has 5 nitrogen and oxygen atoms in total. The zero-order valence-corrected chi connectivity index (χ0v) is 19.7. The Morgan fingerprint density at radius 2 is 2.00 bits per heavy atom. The van der Waals surface area contributed by atoms with E-state index in [0.717, 1.165) is 54.9 Å². The predicted molar refractivity (Wildman–Crippen MR) is 122 cm³/mol. The molecule has 1 unspecified atom stereocenters. The molecule has 0 radical (unpaired) electrons. The number of halogens is 1. The molecule has 2 N–H and O–H groups in total. The Kier molecular flexibility index (Phi) is 5.59. The molecule has 1 spiro atoms. The van der Waals surface area contributed by atoms with E-state index in [-0.39, 0.29) is 5.41 Å². The van der Waals surface area contributed by atoms with E-state index in [4.69, 9.17) is 5.14 Å². The minimum absolute atomic E-state index is 0.202. The standard InChI is InChI=1S/C22H29BrN4OS/c1-15-20(25-14-19(23)26-15)27-10-8-22(9-11-27)12-16-6-4-5-7-17(16)18(22)13-21(2,3)29(24)28/h4-7,14,18H,8-13,24H2,1-3H3/t18-,29?/m1/s1. The quantitative estimate of drug-likeness (QED) is 0.714. The fourth-order valence-electron chi connectivity index (χ4n) is 5.21. The van der Waals surface area contributed by atoms with Crippen molar-refractivity contribution in [3.8, 4) is 0 Å². The van der Waals surface area contributed by atoms with Gasteiger partial charge in [-0.2, -0.15) is 0 Å². The Morgan fingerprint density at radius 3 is 2.66 bits per heavy atom. The monoisotopic (exact) mass is 476 g/mol. The fourth-order valence-corrected chi connectivity index (χ4v) is 5.91. The second kappa shape index (κ2) is 7.75. The maximum atomic E-state index is 12.2. The second-order valence-electron chi connectivity index (χ2n) is 9.14. The molecule has 4 rings (SSSR count). The molecule has 2 aliphatic rings. The third-order valence-corrected chi connectivity index (χ3v) is 8.54. The van der Waals surface area contributed by atoms with Crippen LogP contribution in [0.4, 0.5) is 5.82 Å². The number of aromatic nitrogens is 2. The summed E-state index contributed by atoms with van der Waals surface area (Å²) in [6.07, 6.45) is 5.91. The van der Waals surface area contributed by atoms with E-state index in [2.05, 4.69) is 55.1 Å². The highest BCUT2D eigenvalue weighted by Crippen LogP contribution is 2.56. The largest absolute Gasteiger partial charge is 0.355 e. The summed E-state index contributed by atoms with van der Waals surface area (Å²) in [7, 11) is -1.35. The van der Waals surface area contributed by atoms with Gasteiger partial charge >= 0.3 is 0 Å². The van der Waals surface area contributed by atoms with Gasteiger partial charge in [0.2, 0.25) is 0 Å². The first-order valence-corrected chi connectivity index (χ1v) is 12.2. The molecule has 29 heavy (non-hydrogen) atoms. The highest BCUT2D eigenvalue weighted by Gasteiger charge is 2.49. The molecule has 2 heterocycles. The number of fused-ring (bicyclic) bond motifs is 1. The lowest BCUT2D eigenvalue weighted by Crippen LogP contribution is -2.45. The van der Waals surface area contributed by atoms with Crippen LogP contribution in [0.25, 0.3) is 0 Å². The average molecular weight is 477 g/mol. The van der Waals surface area contributed by atoms with Gasteiger partial charge in [-0.05, 0) is 84.8 Å². The summed E-state index contributed by atoms with van der Waals surface area (Å²) in [5.74, 6) is 1.37. The molecule has 0 bridgehead atoms. The molecule has 2 atom stereocenters. The van der Waals surface area contributed by atoms with Crippen LogP contribution in [0.2, 0.25) is 0 Å². The lowest BCUT2D eigenvalue weighted by atomic mass is 9.66. The number of nitrogens with zero attached hydrogens (tertiary/aromatic N) is 3. The Hall–Kier alpha value is -1.31. The third kappa shape index (κ3) is 3.89. The predicted octanol–water partition coefficient (Wildman–Crippen LogP) is 4.27. The normalized spacial score (nSPS) is 22.0. The van der Waals surface area contributed by atoms with Crippen LogP contribution >= 0.6 is 15.9 Å². The smallest absolute Gasteiger partial charge is 0.150 e. The molecule has 1 aliphatic carbocycles. The molecule has 0 amide bonds. The van der Waals surface area contributed by atoms with Gasteiger partial charge in [0, 0.05) is 13.1 Å². The number of piperidine rings is 1. The van der Waals surface area contributed by atoms with Crippen molar-refractivity contribution < 1.29 is 4.21 Å². The number of rotatable bonds is 4. The van der Waals surface area contributed by atoms with Crippen molar-refractivity contribution >= 4 is 32.7 Å². The van der Waals surface area contributed by atoms with Gasteiger partial charge in [-0.3, -0.25) is 5.14 Å². The van der Waals surface area contributed by atoms with Gasteiger partial charge < -0.3 is 4.90 Å². The van der Waals surface area contributed by atoms with Crippen LogP contribution in [0.15, 0.2) is 35.1 Å². The molecule has 2 aromatic rings. The van der Waals surface area contributed by atoms with Gasteiger partial charge in [-0.1, -0.05) is 24.3 Å². The van der Waals surface area contributed by atoms with E-state index < -0.39 is 15.7 Å². The topological polar surface area (TPSA) is 72.1 Å². The molecular weight excluding hydrogens is 448 g/mol. The van der Waals surface area contributed by atoms with Gasteiger partial charge in [0.05, 0.1) is 27.6 Å². The van der Waals surface area contributed by atoms with Crippen molar-refractivity contribution in [1.29, 1.82) is 0 Å². The van der Waals surface area contributed by atoms with Gasteiger partial charge in [0.25, 0.3) is 0 Å². The molecule has 0 saturated carbocycles. The molecule has 1 aliphatic heterocycles. The van der Waals surface area contributed by atoms with E-state index in [1.165, 1.54) is 11.1 Å². The molecule has 156 valence electrons. The summed E-state index contributed by atoms with van der Waals surface area (Å²) in [4.78, 5) is 11.5. The highest BCUT2D eigenvalue weighted by atomic mass is 79.9. The average Bonchev–Trinajstić information content (AvgIpc) is 2.95. The van der Waals surface area contributed by atoms with Gasteiger partial charge in [-0.15, -0.1) is 0 Å². The molecule has 7 heteroatoms. The lowest BCUT2D eigenvalue weighted by molar-refractivity contribution is 0.170. The maximum absolute atomic E-state index is 12.2. The number of aryl methyl sites for hydroxylation is 1. The van der Waals surface area contributed by atoms with Crippen molar-refractivity contribution in [2.45, 2.75) is 57.1 Å². The van der Waals surface area contributed by atoms with Crippen molar-refractivity contribution in [3.05, 3.63) is 51.9 Å². The maximum Gasteiger partial charge on any atom is 0.150 e. The SMILES string of the molecule is Cc1nc(Br)cnc1N1CCC2(CC1)Cc1ccccc1[C@H]2CC(C)(C)S(N)=O. The van der Waals surface area contributed by atoms with E-state index in [1.54, 1.807) is 6.20 Å². The number of anilines is 1. The van der Waals surface area contributed by atoms with Crippen LogP contribution in [0.3, 0.4) is 0 Å². The first-order valence-electron chi connectivity index (χ1n) is 10.2. The van der Waals surface area contributed by atoms with Crippen LogP contribution in [0.1, 0.15) is 55.8 Å². The van der Waals surface area contributed by atoms with E-state index in [1.807, 2.05) is 20.8 Å². The summed E-state index contributed by atoms with van der Waals surface area (Å²) in [5.41, 5.74) is 4.04. The Balaban J connectivity index is 1.60. The Bertz CT molecular complexity index is 940. The highest BCUT2D eigenvalue weighted by molar-refractivity contribution is 9.10. The van der Waals surface area contributed by atoms with Crippen LogP contribution < -0.4 is 10.0 Å². The molecule has 1 aromatic carbocycles. The summed E-state index contributed by atoms with van der Waals surface area (Å²) >= 11 is 3.41. The Labute approximate surface area is 184 Å². The van der Waals surface area contributed by atoms with Crippen molar-refractivity contribution in [1.82, 2.24) is 9.97 Å². The number of benzene rings is 1. The molecule has 1 saturated heterocycles. The Morgan fingerprint density at radius 1 is 1.31 bits per heavy atom. The zero-order chi connectivity index (χ0) is 20.8. The van der Waals surface area contributed by atoms with Gasteiger partial charge in [0.15, 0.2) is 0 Å². The lowest BCUT2D eigenvalue weighted by Gasteiger charge is -2.45. The first kappa shape index (κ1) is 20.9. The van der Waals surface area contributed by atoms with Gasteiger partial charge in [-0.25, -0.2) is 14.2 Å². The number of nitrogens with two attached hydrogens (primary N) is 1. The van der Waals surface area contributed by atoms with E-state index in [9.17, 15) is 4.21 Å². The fraction of sp³-hybridized carbons (Fsp3) is 0.545. The minimum Gasteiger partial charge on any atom is -0.355 e. The molecule has 1 fully saturated rings. The summed E-state index contributed by atoms with van der Waals surface area (Å²) in [5, 5.41) is 5.86. The van der Waals surface area contributed by atoms with Crippen LogP contribution in [0.5, 0.6) is 0 Å². The van der Waals surface area contributed by atoms with Crippen LogP contribution in [-0.2, 0) is 17.4 Å². The third-order valence-electron chi connectivity index (χ3n) is 6.90. The minimum atomic E-state index is -1.35. The van der Waals surface area contributed by atoms with E-state index >= 15 is 0 Å². The van der Waals surface area contributed by atoms with E-state index in [0.29, 0.717) is 5.92 Å². The van der Waals surface area contributed by atoms with Crippen molar-refractivity contribution in [3.63, 3.8) is 0 Å². The summed E-state index contributed by atoms with van der Waals surface area (Å²) < 4.78 is 12.6. The first-order chi connectivity index (χ1) is 13.7. The zero-order valence-electron chi connectivity index (χ0n) is 17.3. The number of hydrogen-bond donors (Lipinski definition) is 1. The molecule has 1 aromatic heterocycles. The van der Waals surface area contributed by atoms with Crippen molar-refractivity contribution in [2.24, 2.45) is 10.6 Å².